The first kappa shape index (κ1) is 22.4. The standard InChI is InChI=1S/C28H35NO4/c1-27-12-10-24(30)29(3)23(27)8-7-20-21(27)9-11-28(2)22(20)16-19(26(28)33)14-17-5-4-6-18(13-17)15-25(31)32/h4-6,10,12-14,20-23,26,33H,7-9,11,15-16H2,1-3H3,(H,31,32)/t20-,21+,22+,23-,26+,27-,28+/m1/s1. The van der Waals surface area contributed by atoms with Gasteiger partial charge in [-0.2, -0.15) is 0 Å². The van der Waals surface area contributed by atoms with Crippen molar-refractivity contribution in [2.45, 2.75) is 64.5 Å². The zero-order chi connectivity index (χ0) is 23.5. The van der Waals surface area contributed by atoms with Gasteiger partial charge < -0.3 is 15.1 Å². The van der Waals surface area contributed by atoms with Crippen LogP contribution in [-0.4, -0.2) is 46.2 Å². The van der Waals surface area contributed by atoms with Gasteiger partial charge >= 0.3 is 5.97 Å². The molecular weight excluding hydrogens is 414 g/mol. The Kier molecular flexibility index (Phi) is 5.32. The lowest BCUT2D eigenvalue weighted by molar-refractivity contribution is -0.140. The lowest BCUT2D eigenvalue weighted by Gasteiger charge is -2.59. The van der Waals surface area contributed by atoms with Crippen LogP contribution in [0.4, 0.5) is 0 Å². The molecule has 3 fully saturated rings. The number of benzene rings is 1. The number of likely N-dealkylation sites (N-methyl/N-ethyl adjacent to an activating group) is 1. The van der Waals surface area contributed by atoms with E-state index in [2.05, 4.69) is 26.0 Å². The van der Waals surface area contributed by atoms with Crippen LogP contribution in [0.1, 0.15) is 57.1 Å². The second-order valence-corrected chi connectivity index (χ2v) is 11.3. The highest BCUT2D eigenvalue weighted by Crippen LogP contribution is 2.65. The van der Waals surface area contributed by atoms with E-state index in [4.69, 9.17) is 5.11 Å². The molecule has 0 spiro atoms. The summed E-state index contributed by atoms with van der Waals surface area (Å²) in [4.78, 5) is 25.3. The summed E-state index contributed by atoms with van der Waals surface area (Å²) in [5.41, 5.74) is 2.69. The van der Waals surface area contributed by atoms with E-state index in [1.165, 1.54) is 0 Å². The molecule has 5 rings (SSSR count). The Bertz CT molecular complexity index is 1040. The van der Waals surface area contributed by atoms with Crippen LogP contribution in [0.25, 0.3) is 6.08 Å². The molecular formula is C28H35NO4. The Morgan fingerprint density at radius 2 is 2.00 bits per heavy atom. The molecule has 1 aliphatic heterocycles. The van der Waals surface area contributed by atoms with Crippen molar-refractivity contribution < 1.29 is 19.8 Å². The molecule has 0 unspecified atom stereocenters. The summed E-state index contributed by atoms with van der Waals surface area (Å²) in [6.07, 6.45) is 10.7. The number of nitrogens with zero attached hydrogens (tertiary/aromatic N) is 1. The van der Waals surface area contributed by atoms with Gasteiger partial charge in [-0.3, -0.25) is 9.59 Å². The fourth-order valence-electron chi connectivity index (χ4n) is 7.92. The largest absolute Gasteiger partial charge is 0.481 e. The van der Waals surface area contributed by atoms with E-state index in [0.29, 0.717) is 17.8 Å². The molecule has 3 aliphatic carbocycles. The maximum atomic E-state index is 12.3. The summed E-state index contributed by atoms with van der Waals surface area (Å²) in [5, 5.41) is 20.6. The van der Waals surface area contributed by atoms with Crippen molar-refractivity contribution in [1.82, 2.24) is 4.90 Å². The summed E-state index contributed by atoms with van der Waals surface area (Å²) < 4.78 is 0. The molecule has 1 aromatic carbocycles. The number of rotatable bonds is 3. The molecule has 176 valence electrons. The SMILES string of the molecule is CN1C(=O)C=C[C@]2(C)[C@H]3CC[C@]4(C)[C@@H](O)C(=Cc5cccc(CC(=O)O)c5)C[C@H]4[C@@H]3CC[C@@H]12. The van der Waals surface area contributed by atoms with Crippen molar-refractivity contribution in [1.29, 1.82) is 0 Å². The average Bonchev–Trinajstić information content (AvgIpc) is 3.01. The lowest BCUT2D eigenvalue weighted by atomic mass is 9.48. The summed E-state index contributed by atoms with van der Waals surface area (Å²) >= 11 is 0. The summed E-state index contributed by atoms with van der Waals surface area (Å²) in [7, 11) is 1.95. The molecule has 0 saturated heterocycles. The van der Waals surface area contributed by atoms with E-state index in [0.717, 1.165) is 48.8 Å². The van der Waals surface area contributed by atoms with E-state index in [1.807, 2.05) is 36.2 Å². The molecule has 1 amide bonds. The minimum Gasteiger partial charge on any atom is -0.481 e. The zero-order valence-electron chi connectivity index (χ0n) is 19.8. The number of fused-ring (bicyclic) bond motifs is 5. The smallest absolute Gasteiger partial charge is 0.307 e. The maximum absolute atomic E-state index is 12.3. The van der Waals surface area contributed by atoms with Gasteiger partial charge in [0.1, 0.15) is 0 Å². The van der Waals surface area contributed by atoms with Gasteiger partial charge in [-0.1, -0.05) is 50.3 Å². The fraction of sp³-hybridized carbons (Fsp3) is 0.571. The number of carboxylic acids is 1. The molecule has 5 nitrogen and oxygen atoms in total. The minimum atomic E-state index is -0.835. The van der Waals surface area contributed by atoms with Gasteiger partial charge in [-0.05, 0) is 72.6 Å². The van der Waals surface area contributed by atoms with Gasteiger partial charge in [0.15, 0.2) is 0 Å². The molecule has 0 bridgehead atoms. The normalized spacial score (nSPS) is 41.0. The Morgan fingerprint density at radius 3 is 2.76 bits per heavy atom. The lowest BCUT2D eigenvalue weighted by Crippen LogP contribution is -2.59. The molecule has 3 saturated carbocycles. The summed E-state index contributed by atoms with van der Waals surface area (Å²) in [6.45, 7) is 4.60. The maximum Gasteiger partial charge on any atom is 0.307 e. The summed E-state index contributed by atoms with van der Waals surface area (Å²) in [6, 6.07) is 7.91. The second kappa shape index (κ2) is 7.83. The van der Waals surface area contributed by atoms with Crippen molar-refractivity contribution in [2.24, 2.45) is 28.6 Å². The predicted octanol–water partition coefficient (Wildman–Crippen LogP) is 4.31. The average molecular weight is 450 g/mol. The van der Waals surface area contributed by atoms with Crippen molar-refractivity contribution in [3.63, 3.8) is 0 Å². The topological polar surface area (TPSA) is 77.8 Å². The van der Waals surface area contributed by atoms with Gasteiger partial charge in [0, 0.05) is 23.9 Å². The first-order chi connectivity index (χ1) is 15.6. The monoisotopic (exact) mass is 449 g/mol. The molecule has 0 radical (unpaired) electrons. The Labute approximate surface area is 196 Å². The Hall–Kier alpha value is -2.40. The minimum absolute atomic E-state index is 0.00447. The van der Waals surface area contributed by atoms with E-state index in [9.17, 15) is 14.7 Å². The third-order valence-corrected chi connectivity index (χ3v) is 9.66. The van der Waals surface area contributed by atoms with Gasteiger partial charge in [-0.25, -0.2) is 0 Å². The van der Waals surface area contributed by atoms with Crippen molar-refractivity contribution in [2.75, 3.05) is 7.05 Å². The summed E-state index contributed by atoms with van der Waals surface area (Å²) in [5.74, 6) is 0.761. The predicted molar refractivity (Wildman–Crippen MR) is 127 cm³/mol. The molecule has 1 heterocycles. The number of aliphatic carboxylic acids is 1. The first-order valence-electron chi connectivity index (χ1n) is 12.3. The third kappa shape index (κ3) is 3.47. The Balaban J connectivity index is 1.44. The number of carbonyl (C=O) groups is 2. The molecule has 4 aliphatic rings. The van der Waals surface area contributed by atoms with Gasteiger partial charge in [0.25, 0.3) is 0 Å². The van der Waals surface area contributed by atoms with Crippen LogP contribution in [0.3, 0.4) is 0 Å². The number of carbonyl (C=O) groups excluding carboxylic acids is 1. The molecule has 5 heteroatoms. The van der Waals surface area contributed by atoms with Crippen LogP contribution >= 0.6 is 0 Å². The highest BCUT2D eigenvalue weighted by molar-refractivity contribution is 5.89. The third-order valence-electron chi connectivity index (χ3n) is 9.66. The van der Waals surface area contributed by atoms with Crippen LogP contribution in [0.2, 0.25) is 0 Å². The van der Waals surface area contributed by atoms with E-state index in [1.54, 1.807) is 6.08 Å². The van der Waals surface area contributed by atoms with Crippen LogP contribution in [0.15, 0.2) is 42.0 Å². The second-order valence-electron chi connectivity index (χ2n) is 11.3. The number of hydrogen-bond acceptors (Lipinski definition) is 3. The van der Waals surface area contributed by atoms with Crippen molar-refractivity contribution in [3.8, 4) is 0 Å². The molecule has 33 heavy (non-hydrogen) atoms. The molecule has 7 atom stereocenters. The number of carboxylic acid groups (broad SMARTS) is 1. The highest BCUT2D eigenvalue weighted by Gasteiger charge is 2.61. The molecule has 1 aromatic rings. The number of hydrogen-bond donors (Lipinski definition) is 2. The zero-order valence-corrected chi connectivity index (χ0v) is 19.8. The van der Waals surface area contributed by atoms with E-state index < -0.39 is 12.1 Å². The van der Waals surface area contributed by atoms with Crippen molar-refractivity contribution in [3.05, 3.63) is 53.1 Å². The Morgan fingerprint density at radius 1 is 1.21 bits per heavy atom. The van der Waals surface area contributed by atoms with E-state index in [-0.39, 0.29) is 29.2 Å². The molecule has 0 aromatic heterocycles. The number of aliphatic hydroxyl groups is 1. The van der Waals surface area contributed by atoms with Gasteiger partial charge in [-0.15, -0.1) is 0 Å². The van der Waals surface area contributed by atoms with Crippen LogP contribution in [0.5, 0.6) is 0 Å². The highest BCUT2D eigenvalue weighted by atomic mass is 16.4. The quantitative estimate of drug-likeness (QED) is 0.721. The van der Waals surface area contributed by atoms with Crippen LogP contribution in [0, 0.1) is 28.6 Å². The van der Waals surface area contributed by atoms with Crippen molar-refractivity contribution >= 4 is 18.0 Å². The van der Waals surface area contributed by atoms with E-state index >= 15 is 0 Å². The number of amides is 1. The van der Waals surface area contributed by atoms with Crippen LogP contribution in [-0.2, 0) is 16.0 Å². The fourth-order valence-corrected chi connectivity index (χ4v) is 7.92. The van der Waals surface area contributed by atoms with Gasteiger partial charge in [0.05, 0.1) is 12.5 Å². The van der Waals surface area contributed by atoms with Gasteiger partial charge in [0.2, 0.25) is 5.91 Å². The first-order valence-corrected chi connectivity index (χ1v) is 12.3. The number of aliphatic hydroxyl groups excluding tert-OH is 1. The van der Waals surface area contributed by atoms with Crippen LogP contribution < -0.4 is 0 Å². The molecule has 2 N–H and O–H groups in total.